The molecule has 3 N–H and O–H groups in total. The molecule has 0 spiro atoms. The van der Waals surface area contributed by atoms with Gasteiger partial charge in [-0.3, -0.25) is 4.79 Å². The van der Waals surface area contributed by atoms with E-state index in [9.17, 15) is 9.90 Å². The number of rotatable bonds is 4. The third kappa shape index (κ3) is 2.80. The van der Waals surface area contributed by atoms with Crippen LogP contribution in [0.5, 0.6) is 0 Å². The lowest BCUT2D eigenvalue weighted by Gasteiger charge is -2.63. The van der Waals surface area contributed by atoms with E-state index >= 15 is 0 Å². The number of hydrogen-bond acceptors (Lipinski definition) is 5. The van der Waals surface area contributed by atoms with Gasteiger partial charge in [-0.05, 0) is 69.2 Å². The highest BCUT2D eigenvalue weighted by molar-refractivity contribution is 5.87. The van der Waals surface area contributed by atoms with Crippen molar-refractivity contribution in [1.29, 1.82) is 0 Å². The molecule has 4 rings (SSSR count). The van der Waals surface area contributed by atoms with Crippen LogP contribution in [0.25, 0.3) is 0 Å². The molecule has 4 aliphatic rings. The fourth-order valence-corrected chi connectivity index (χ4v) is 7.11. The maximum Gasteiger partial charge on any atom is 0.139 e. The maximum atomic E-state index is 12.6. The van der Waals surface area contributed by atoms with E-state index in [1.165, 1.54) is 0 Å². The number of aliphatic hydroxyl groups is 1. The number of ketones is 1. The van der Waals surface area contributed by atoms with Crippen LogP contribution < -0.4 is 5.73 Å². The predicted octanol–water partition coefficient (Wildman–Crippen LogP) is 3.60. The molecule has 28 heavy (non-hydrogen) atoms. The topological polar surface area (TPSA) is 84.9 Å². The number of carbonyl (C=O) groups is 1. The first-order valence-electron chi connectivity index (χ1n) is 11.1. The first-order valence-corrected chi connectivity index (χ1v) is 11.1. The minimum Gasteiger partial charge on any atom is -0.396 e. The Morgan fingerprint density at radius 3 is 2.75 bits per heavy atom. The number of nitrogens with two attached hydrogens (primary N) is 1. The minimum absolute atomic E-state index is 0.151. The molecule has 0 amide bonds. The van der Waals surface area contributed by atoms with Gasteiger partial charge in [0, 0.05) is 23.7 Å². The average molecular weight is 389 g/mol. The summed E-state index contributed by atoms with van der Waals surface area (Å²) in [4.78, 5) is 18.0. The van der Waals surface area contributed by atoms with Gasteiger partial charge < -0.3 is 15.7 Å². The van der Waals surface area contributed by atoms with Crippen molar-refractivity contribution in [2.45, 2.75) is 77.2 Å². The van der Waals surface area contributed by atoms with Crippen LogP contribution in [0.2, 0.25) is 0 Å². The Hall–Kier alpha value is -1.20. The molecule has 6 atom stereocenters. The first-order chi connectivity index (χ1) is 13.2. The van der Waals surface area contributed by atoms with Gasteiger partial charge in [-0.25, -0.2) is 0 Å². The van der Waals surface area contributed by atoms with Crippen LogP contribution in [0.1, 0.15) is 71.6 Å². The Morgan fingerprint density at radius 1 is 1.21 bits per heavy atom. The third-order valence-corrected chi connectivity index (χ3v) is 8.91. The smallest absolute Gasteiger partial charge is 0.139 e. The standard InChI is InChI=1S/C23H36N2O3/c1-15-13-23(27)14-16(25-28-12-4-11-24)7-10-22(23,3)18-8-9-21(2)17(20(15)18)5-6-19(21)26/h17-18,20,27H,1,4-14,24H2,2-3H3/b25-16-/t17-,18-,20-,21-,22+,23+/m0/s1. The lowest BCUT2D eigenvalue weighted by atomic mass is 9.43. The average Bonchev–Trinajstić information content (AvgIpc) is 2.95. The van der Waals surface area contributed by atoms with Crippen LogP contribution in [-0.2, 0) is 9.63 Å². The SMILES string of the molecule is C=C1C[C@@]2(O)C/C(=N\OCCCN)CC[C@]2(C)[C@H]2CC[C@]3(C)C(=O)CC[C@H]3[C@H]12. The van der Waals surface area contributed by atoms with E-state index in [1.54, 1.807) is 0 Å². The van der Waals surface area contributed by atoms with E-state index in [1.807, 2.05) is 0 Å². The zero-order valence-electron chi connectivity index (χ0n) is 17.5. The number of nitrogens with zero attached hydrogens (tertiary/aromatic N) is 1. The summed E-state index contributed by atoms with van der Waals surface area (Å²) < 4.78 is 0. The maximum absolute atomic E-state index is 12.6. The number of hydrogen-bond donors (Lipinski definition) is 2. The van der Waals surface area contributed by atoms with Gasteiger partial charge in [0.15, 0.2) is 0 Å². The van der Waals surface area contributed by atoms with E-state index < -0.39 is 5.60 Å². The number of fused-ring (bicyclic) bond motifs is 5. The molecule has 4 aliphatic carbocycles. The van der Waals surface area contributed by atoms with Crippen molar-refractivity contribution in [3.05, 3.63) is 12.2 Å². The number of Topliss-reactive ketones (excluding diaryl/α,β-unsaturated/α-hetero) is 1. The van der Waals surface area contributed by atoms with Crippen LogP contribution in [0, 0.1) is 28.6 Å². The minimum atomic E-state index is -0.810. The summed E-state index contributed by atoms with van der Waals surface area (Å²) in [6.45, 7) is 10.0. The van der Waals surface area contributed by atoms with Gasteiger partial charge in [0.1, 0.15) is 12.4 Å². The van der Waals surface area contributed by atoms with Crippen molar-refractivity contribution in [3.63, 3.8) is 0 Å². The second-order valence-electron chi connectivity index (χ2n) is 10.3. The number of carbonyl (C=O) groups excluding carboxylic acids is 1. The van der Waals surface area contributed by atoms with Gasteiger partial charge in [-0.2, -0.15) is 0 Å². The molecule has 0 aromatic rings. The Kier molecular flexibility index (Phi) is 4.98. The molecule has 4 fully saturated rings. The molecule has 0 aromatic carbocycles. The molecule has 156 valence electrons. The summed E-state index contributed by atoms with van der Waals surface area (Å²) in [5, 5.41) is 16.1. The van der Waals surface area contributed by atoms with E-state index in [0.29, 0.717) is 49.5 Å². The quantitative estimate of drug-likeness (QED) is 0.438. The molecule has 0 saturated heterocycles. The van der Waals surface area contributed by atoms with Gasteiger partial charge in [0.25, 0.3) is 0 Å². The lowest BCUT2D eigenvalue weighted by molar-refractivity contribution is -0.170. The third-order valence-electron chi connectivity index (χ3n) is 8.91. The summed E-state index contributed by atoms with van der Waals surface area (Å²) in [6, 6.07) is 0. The molecule has 0 radical (unpaired) electrons. The summed E-state index contributed by atoms with van der Waals surface area (Å²) in [6.07, 6.45) is 7.45. The molecule has 0 unspecified atom stereocenters. The molecule has 0 aromatic heterocycles. The Labute approximate surface area is 168 Å². The Balaban J connectivity index is 1.58. The van der Waals surface area contributed by atoms with Crippen LogP contribution >= 0.6 is 0 Å². The van der Waals surface area contributed by atoms with Crippen molar-refractivity contribution in [3.8, 4) is 0 Å². The molecular weight excluding hydrogens is 352 g/mol. The van der Waals surface area contributed by atoms with Gasteiger partial charge in [0.05, 0.1) is 11.3 Å². The molecule has 4 saturated carbocycles. The van der Waals surface area contributed by atoms with Crippen molar-refractivity contribution in [1.82, 2.24) is 0 Å². The van der Waals surface area contributed by atoms with Crippen LogP contribution in [0.4, 0.5) is 0 Å². The largest absolute Gasteiger partial charge is 0.396 e. The molecule has 0 heterocycles. The van der Waals surface area contributed by atoms with E-state index in [2.05, 4.69) is 25.6 Å². The van der Waals surface area contributed by atoms with E-state index in [-0.39, 0.29) is 10.8 Å². The molecule has 5 nitrogen and oxygen atoms in total. The highest BCUT2D eigenvalue weighted by atomic mass is 16.6. The Bertz CT molecular complexity index is 704. The normalized spacial score (nSPS) is 46.9. The highest BCUT2D eigenvalue weighted by Gasteiger charge is 2.65. The van der Waals surface area contributed by atoms with Crippen molar-refractivity contribution in [2.24, 2.45) is 39.5 Å². The van der Waals surface area contributed by atoms with Crippen LogP contribution in [0.15, 0.2) is 17.3 Å². The van der Waals surface area contributed by atoms with Crippen molar-refractivity contribution in [2.75, 3.05) is 13.2 Å². The molecular formula is C23H36N2O3. The summed E-state index contributed by atoms with van der Waals surface area (Å²) >= 11 is 0. The highest BCUT2D eigenvalue weighted by Crippen LogP contribution is 2.67. The molecule has 0 bridgehead atoms. The van der Waals surface area contributed by atoms with Crippen LogP contribution in [0.3, 0.4) is 0 Å². The number of oxime groups is 1. The van der Waals surface area contributed by atoms with Gasteiger partial charge >= 0.3 is 0 Å². The van der Waals surface area contributed by atoms with Crippen molar-refractivity contribution < 1.29 is 14.7 Å². The second kappa shape index (κ2) is 6.94. The first kappa shape index (κ1) is 20.1. The summed E-state index contributed by atoms with van der Waals surface area (Å²) in [5.74, 6) is 1.63. The molecule has 0 aliphatic heterocycles. The fraction of sp³-hybridized carbons (Fsp3) is 0.826. The predicted molar refractivity (Wildman–Crippen MR) is 110 cm³/mol. The van der Waals surface area contributed by atoms with Crippen LogP contribution in [-0.4, -0.2) is 35.4 Å². The zero-order chi connectivity index (χ0) is 20.2. The summed E-state index contributed by atoms with van der Waals surface area (Å²) in [5.41, 5.74) is 6.49. The zero-order valence-corrected chi connectivity index (χ0v) is 17.5. The second-order valence-corrected chi connectivity index (χ2v) is 10.3. The van der Waals surface area contributed by atoms with Gasteiger partial charge in [0.2, 0.25) is 0 Å². The Morgan fingerprint density at radius 2 is 2.00 bits per heavy atom. The van der Waals surface area contributed by atoms with E-state index in [4.69, 9.17) is 10.6 Å². The lowest BCUT2D eigenvalue weighted by Crippen LogP contribution is -2.63. The van der Waals surface area contributed by atoms with Gasteiger partial charge in [-0.1, -0.05) is 31.2 Å². The van der Waals surface area contributed by atoms with Crippen molar-refractivity contribution >= 4 is 11.5 Å². The van der Waals surface area contributed by atoms with Gasteiger partial charge in [-0.15, -0.1) is 0 Å². The molecule has 5 heteroatoms. The van der Waals surface area contributed by atoms with E-state index in [0.717, 1.165) is 56.2 Å². The summed E-state index contributed by atoms with van der Waals surface area (Å²) in [7, 11) is 0. The fourth-order valence-electron chi connectivity index (χ4n) is 7.11. The monoisotopic (exact) mass is 388 g/mol.